The Balaban J connectivity index is 1.48. The van der Waals surface area contributed by atoms with Gasteiger partial charge in [0.2, 0.25) is 0 Å². The van der Waals surface area contributed by atoms with Gasteiger partial charge in [0.25, 0.3) is 5.91 Å². The third kappa shape index (κ3) is 3.09. The number of amides is 1. The monoisotopic (exact) mass is 366 g/mol. The van der Waals surface area contributed by atoms with Crippen molar-refractivity contribution in [2.75, 3.05) is 6.54 Å². The number of halogens is 1. The number of fused-ring (bicyclic) bond motifs is 2. The maximum Gasteiger partial charge on any atom is 0.344 e. The Kier molecular flexibility index (Phi) is 4.22. The van der Waals surface area contributed by atoms with Crippen molar-refractivity contribution in [2.24, 2.45) is 0 Å². The predicted molar refractivity (Wildman–Crippen MR) is 102 cm³/mol. The molecule has 0 fully saturated rings. The fraction of sp³-hybridized carbons (Fsp3) is 0.100. The second-order valence-corrected chi connectivity index (χ2v) is 6.43. The van der Waals surface area contributed by atoms with Crippen LogP contribution < -0.4 is 10.9 Å². The molecule has 6 heteroatoms. The SMILES string of the molecule is O=C(NCCc1c[nH]c2ccc(Cl)cc12)c1cc2ccccc2c(=O)o1. The molecular weight excluding hydrogens is 352 g/mol. The van der Waals surface area contributed by atoms with Crippen LogP contribution in [-0.2, 0) is 6.42 Å². The number of aromatic amines is 1. The van der Waals surface area contributed by atoms with E-state index in [1.807, 2.05) is 30.5 Å². The molecule has 4 rings (SSSR count). The van der Waals surface area contributed by atoms with Crippen molar-refractivity contribution < 1.29 is 9.21 Å². The molecule has 2 heterocycles. The summed E-state index contributed by atoms with van der Waals surface area (Å²) in [5.41, 5.74) is 1.54. The fourth-order valence-electron chi connectivity index (χ4n) is 3.00. The third-order valence-corrected chi connectivity index (χ3v) is 4.54. The smallest absolute Gasteiger partial charge is 0.344 e. The molecule has 4 aromatic rings. The first-order chi connectivity index (χ1) is 12.6. The molecule has 2 N–H and O–H groups in total. The molecule has 0 atom stereocenters. The van der Waals surface area contributed by atoms with Crippen molar-refractivity contribution in [1.29, 1.82) is 0 Å². The van der Waals surface area contributed by atoms with E-state index in [2.05, 4.69) is 10.3 Å². The van der Waals surface area contributed by atoms with Crippen molar-refractivity contribution in [3.8, 4) is 0 Å². The van der Waals surface area contributed by atoms with Gasteiger partial charge in [0, 0.05) is 28.7 Å². The van der Waals surface area contributed by atoms with Crippen molar-refractivity contribution in [1.82, 2.24) is 10.3 Å². The summed E-state index contributed by atoms with van der Waals surface area (Å²) in [6.45, 7) is 0.412. The van der Waals surface area contributed by atoms with Gasteiger partial charge in [-0.05, 0) is 47.7 Å². The van der Waals surface area contributed by atoms with E-state index in [9.17, 15) is 9.59 Å². The molecule has 0 spiro atoms. The van der Waals surface area contributed by atoms with Crippen LogP contribution in [0.5, 0.6) is 0 Å². The second kappa shape index (κ2) is 6.69. The zero-order valence-corrected chi connectivity index (χ0v) is 14.5. The number of hydrogen-bond donors (Lipinski definition) is 2. The van der Waals surface area contributed by atoms with E-state index in [-0.39, 0.29) is 5.76 Å². The predicted octanol–water partition coefficient (Wildman–Crippen LogP) is 3.90. The number of hydrogen-bond acceptors (Lipinski definition) is 3. The van der Waals surface area contributed by atoms with Gasteiger partial charge in [-0.2, -0.15) is 0 Å². The Hall–Kier alpha value is -3.05. The summed E-state index contributed by atoms with van der Waals surface area (Å²) in [6, 6.07) is 14.2. The highest BCUT2D eigenvalue weighted by Gasteiger charge is 2.12. The van der Waals surface area contributed by atoms with Gasteiger partial charge in [-0.15, -0.1) is 0 Å². The molecule has 2 aromatic heterocycles. The average molecular weight is 367 g/mol. The topological polar surface area (TPSA) is 75.1 Å². The summed E-state index contributed by atoms with van der Waals surface area (Å²) in [6.07, 6.45) is 2.53. The molecule has 26 heavy (non-hydrogen) atoms. The van der Waals surface area contributed by atoms with E-state index in [4.69, 9.17) is 16.0 Å². The van der Waals surface area contributed by atoms with Gasteiger partial charge in [-0.25, -0.2) is 4.79 Å². The van der Waals surface area contributed by atoms with Crippen molar-refractivity contribution in [3.63, 3.8) is 0 Å². The minimum absolute atomic E-state index is 0.00988. The maximum absolute atomic E-state index is 12.3. The Bertz CT molecular complexity index is 1180. The summed E-state index contributed by atoms with van der Waals surface area (Å²) in [4.78, 5) is 27.5. The maximum atomic E-state index is 12.3. The molecule has 5 nitrogen and oxygen atoms in total. The molecule has 0 aliphatic heterocycles. The highest BCUT2D eigenvalue weighted by molar-refractivity contribution is 6.31. The van der Waals surface area contributed by atoms with Crippen LogP contribution in [0.3, 0.4) is 0 Å². The summed E-state index contributed by atoms with van der Waals surface area (Å²) < 4.78 is 5.13. The van der Waals surface area contributed by atoms with E-state index in [0.29, 0.717) is 28.8 Å². The second-order valence-electron chi connectivity index (χ2n) is 6.00. The van der Waals surface area contributed by atoms with Gasteiger partial charge in [-0.3, -0.25) is 4.79 Å². The third-order valence-electron chi connectivity index (χ3n) is 4.30. The lowest BCUT2D eigenvalue weighted by Crippen LogP contribution is -2.26. The number of nitrogens with one attached hydrogen (secondary N) is 2. The standard InChI is InChI=1S/C20H15ClN2O3/c21-14-5-6-17-16(10-14)13(11-23-17)7-8-22-19(24)18-9-12-3-1-2-4-15(12)20(25)26-18/h1-6,9-11,23H,7-8H2,(H,22,24). The molecule has 1 amide bonds. The van der Waals surface area contributed by atoms with Gasteiger partial charge in [-0.1, -0.05) is 29.8 Å². The van der Waals surface area contributed by atoms with Crippen LogP contribution in [0.2, 0.25) is 5.02 Å². The van der Waals surface area contributed by atoms with Crippen LogP contribution in [0.25, 0.3) is 21.7 Å². The van der Waals surface area contributed by atoms with Gasteiger partial charge >= 0.3 is 5.63 Å². The normalized spacial score (nSPS) is 11.1. The lowest BCUT2D eigenvalue weighted by Gasteiger charge is -2.05. The minimum Gasteiger partial charge on any atom is -0.417 e. The number of rotatable bonds is 4. The number of carbonyl (C=O) groups is 1. The van der Waals surface area contributed by atoms with Crippen molar-refractivity contribution in [2.45, 2.75) is 6.42 Å². The molecule has 0 aliphatic rings. The van der Waals surface area contributed by atoms with E-state index >= 15 is 0 Å². The average Bonchev–Trinajstić information content (AvgIpc) is 3.04. The van der Waals surface area contributed by atoms with E-state index in [1.165, 1.54) is 0 Å². The first-order valence-electron chi connectivity index (χ1n) is 8.18. The largest absolute Gasteiger partial charge is 0.417 e. The fourth-order valence-corrected chi connectivity index (χ4v) is 3.17. The van der Waals surface area contributed by atoms with Crippen LogP contribution >= 0.6 is 11.6 Å². The Morgan fingerprint density at radius 1 is 1.12 bits per heavy atom. The zero-order valence-electron chi connectivity index (χ0n) is 13.7. The Morgan fingerprint density at radius 3 is 2.85 bits per heavy atom. The number of H-pyrrole nitrogens is 1. The lowest BCUT2D eigenvalue weighted by atomic mass is 10.1. The zero-order chi connectivity index (χ0) is 18.1. The van der Waals surface area contributed by atoms with Gasteiger partial charge < -0.3 is 14.7 Å². The summed E-state index contributed by atoms with van der Waals surface area (Å²) in [5.74, 6) is -0.401. The molecule has 0 unspecified atom stereocenters. The van der Waals surface area contributed by atoms with Crippen LogP contribution in [0.1, 0.15) is 16.1 Å². The van der Waals surface area contributed by atoms with Gasteiger partial charge in [0.05, 0.1) is 5.39 Å². The van der Waals surface area contributed by atoms with Crippen LogP contribution in [0, 0.1) is 0 Å². The molecule has 0 aliphatic carbocycles. The molecule has 0 radical (unpaired) electrons. The van der Waals surface area contributed by atoms with Crippen LogP contribution in [0.4, 0.5) is 0 Å². The van der Waals surface area contributed by atoms with Gasteiger partial charge in [0.1, 0.15) is 0 Å². The number of aromatic nitrogens is 1. The lowest BCUT2D eigenvalue weighted by molar-refractivity contribution is 0.0922. The Labute approximate surface area is 153 Å². The Morgan fingerprint density at radius 2 is 1.96 bits per heavy atom. The van der Waals surface area contributed by atoms with E-state index < -0.39 is 11.5 Å². The highest BCUT2D eigenvalue weighted by atomic mass is 35.5. The summed E-state index contributed by atoms with van der Waals surface area (Å²) >= 11 is 6.05. The summed E-state index contributed by atoms with van der Waals surface area (Å²) in [5, 5.41) is 5.63. The first-order valence-corrected chi connectivity index (χ1v) is 8.56. The molecule has 2 aromatic carbocycles. The molecule has 0 saturated carbocycles. The molecular formula is C20H15ClN2O3. The highest BCUT2D eigenvalue weighted by Crippen LogP contribution is 2.22. The van der Waals surface area contributed by atoms with Crippen LogP contribution in [-0.4, -0.2) is 17.4 Å². The number of benzene rings is 2. The van der Waals surface area contributed by atoms with E-state index in [1.54, 1.807) is 24.3 Å². The van der Waals surface area contributed by atoms with Crippen molar-refractivity contribution >= 4 is 39.2 Å². The van der Waals surface area contributed by atoms with Gasteiger partial charge in [0.15, 0.2) is 5.76 Å². The molecule has 0 saturated heterocycles. The number of carbonyl (C=O) groups excluding carboxylic acids is 1. The molecule has 130 valence electrons. The van der Waals surface area contributed by atoms with Crippen LogP contribution in [0.15, 0.2) is 63.9 Å². The van der Waals surface area contributed by atoms with E-state index in [0.717, 1.165) is 16.5 Å². The molecule has 0 bridgehead atoms. The summed E-state index contributed by atoms with van der Waals surface area (Å²) in [7, 11) is 0. The quantitative estimate of drug-likeness (QED) is 0.575. The minimum atomic E-state index is -0.514. The first kappa shape index (κ1) is 16.4. The van der Waals surface area contributed by atoms with Crippen molar-refractivity contribution in [3.05, 3.63) is 81.5 Å².